The Labute approximate surface area is 160 Å². The van der Waals surface area contributed by atoms with E-state index in [9.17, 15) is 13.2 Å². The molecule has 144 valence electrons. The Morgan fingerprint density at radius 3 is 2.37 bits per heavy atom. The number of amides is 1. The van der Waals surface area contributed by atoms with Gasteiger partial charge in [0.1, 0.15) is 0 Å². The number of rotatable bonds is 6. The molecule has 1 aliphatic carbocycles. The summed E-state index contributed by atoms with van der Waals surface area (Å²) in [5.74, 6) is -0.247. The summed E-state index contributed by atoms with van der Waals surface area (Å²) in [7, 11) is -3.28. The maximum Gasteiger partial charge on any atom is 0.258 e. The smallest absolute Gasteiger partial charge is 0.258 e. The SMILES string of the molecule is Cc1cc(S(C)(=O)=O)ccc1NC(=O)C(OC1CCCC1)c1ccccc1. The zero-order valence-corrected chi connectivity index (χ0v) is 16.5. The van der Waals surface area contributed by atoms with Crippen molar-refractivity contribution in [1.29, 1.82) is 0 Å². The quantitative estimate of drug-likeness (QED) is 0.812. The van der Waals surface area contributed by atoms with E-state index in [1.54, 1.807) is 19.1 Å². The molecule has 0 saturated heterocycles. The van der Waals surface area contributed by atoms with Gasteiger partial charge in [-0.05, 0) is 49.1 Å². The summed E-state index contributed by atoms with van der Waals surface area (Å²) in [5.41, 5.74) is 2.09. The van der Waals surface area contributed by atoms with E-state index in [0.717, 1.165) is 31.2 Å². The zero-order valence-electron chi connectivity index (χ0n) is 15.6. The lowest BCUT2D eigenvalue weighted by Crippen LogP contribution is -2.27. The average molecular weight is 388 g/mol. The van der Waals surface area contributed by atoms with Crippen molar-refractivity contribution in [3.8, 4) is 0 Å². The molecular weight excluding hydrogens is 362 g/mol. The van der Waals surface area contributed by atoms with Crippen LogP contribution in [0.15, 0.2) is 53.4 Å². The van der Waals surface area contributed by atoms with Gasteiger partial charge < -0.3 is 10.1 Å². The number of benzene rings is 2. The normalized spacial score (nSPS) is 16.2. The van der Waals surface area contributed by atoms with Crippen LogP contribution in [0.3, 0.4) is 0 Å². The minimum atomic E-state index is -3.28. The third kappa shape index (κ3) is 4.96. The molecule has 0 radical (unpaired) electrons. The number of anilines is 1. The Bertz CT molecular complexity index is 903. The standard InChI is InChI=1S/C21H25NO4S/c1-15-14-18(27(2,24)25)12-13-19(15)22-21(23)20(16-8-4-3-5-9-16)26-17-10-6-7-11-17/h3-5,8-9,12-14,17,20H,6-7,10-11H2,1-2H3,(H,22,23). The second kappa shape index (κ2) is 8.23. The molecule has 1 atom stereocenters. The molecule has 0 aromatic heterocycles. The lowest BCUT2D eigenvalue weighted by Gasteiger charge is -2.22. The van der Waals surface area contributed by atoms with Crippen LogP contribution >= 0.6 is 0 Å². The molecule has 0 aliphatic heterocycles. The molecule has 0 bridgehead atoms. The highest BCUT2D eigenvalue weighted by atomic mass is 32.2. The van der Waals surface area contributed by atoms with E-state index in [0.29, 0.717) is 11.3 Å². The van der Waals surface area contributed by atoms with Crippen molar-refractivity contribution in [2.45, 2.75) is 49.7 Å². The number of sulfone groups is 1. The topological polar surface area (TPSA) is 72.5 Å². The van der Waals surface area contributed by atoms with Crippen LogP contribution in [0, 0.1) is 6.92 Å². The summed E-state index contributed by atoms with van der Waals surface area (Å²) in [6.45, 7) is 1.78. The number of aryl methyl sites for hydroxylation is 1. The van der Waals surface area contributed by atoms with Crippen molar-refractivity contribution in [2.24, 2.45) is 0 Å². The zero-order chi connectivity index (χ0) is 19.4. The molecule has 0 heterocycles. The summed E-state index contributed by atoms with van der Waals surface area (Å²) >= 11 is 0. The summed E-state index contributed by atoms with van der Waals surface area (Å²) in [6.07, 6.45) is 4.76. The number of hydrogen-bond donors (Lipinski definition) is 1. The van der Waals surface area contributed by atoms with E-state index in [2.05, 4.69) is 5.32 Å². The molecule has 1 aliphatic rings. The molecule has 2 aromatic carbocycles. The van der Waals surface area contributed by atoms with E-state index in [1.807, 2.05) is 30.3 Å². The first-order chi connectivity index (χ1) is 12.8. The third-order valence-corrected chi connectivity index (χ3v) is 5.97. The van der Waals surface area contributed by atoms with Gasteiger partial charge in [-0.2, -0.15) is 0 Å². The first kappa shape index (κ1) is 19.6. The van der Waals surface area contributed by atoms with Gasteiger partial charge in [-0.25, -0.2) is 8.42 Å². The number of carbonyl (C=O) groups excluding carboxylic acids is 1. The van der Waals surface area contributed by atoms with Gasteiger partial charge in [0.05, 0.1) is 11.0 Å². The van der Waals surface area contributed by atoms with E-state index in [4.69, 9.17) is 4.74 Å². The molecule has 1 saturated carbocycles. The molecule has 1 fully saturated rings. The van der Waals surface area contributed by atoms with Crippen molar-refractivity contribution in [1.82, 2.24) is 0 Å². The van der Waals surface area contributed by atoms with Gasteiger partial charge in [0.15, 0.2) is 15.9 Å². The van der Waals surface area contributed by atoms with Crippen molar-refractivity contribution in [3.05, 3.63) is 59.7 Å². The predicted molar refractivity (Wildman–Crippen MR) is 105 cm³/mol. The van der Waals surface area contributed by atoms with E-state index < -0.39 is 15.9 Å². The molecule has 1 unspecified atom stereocenters. The maximum absolute atomic E-state index is 13.0. The second-order valence-corrected chi connectivity index (χ2v) is 9.09. The van der Waals surface area contributed by atoms with E-state index >= 15 is 0 Å². The highest BCUT2D eigenvalue weighted by Crippen LogP contribution is 2.29. The molecule has 5 nitrogen and oxygen atoms in total. The van der Waals surface area contributed by atoms with Crippen LogP contribution in [0.1, 0.15) is 42.9 Å². The van der Waals surface area contributed by atoms with Gasteiger partial charge >= 0.3 is 0 Å². The summed E-state index contributed by atoms with van der Waals surface area (Å²) in [5, 5.41) is 2.90. The van der Waals surface area contributed by atoms with Gasteiger partial charge in [0.2, 0.25) is 0 Å². The minimum Gasteiger partial charge on any atom is -0.360 e. The number of hydrogen-bond acceptors (Lipinski definition) is 4. The Kier molecular flexibility index (Phi) is 5.97. The van der Waals surface area contributed by atoms with Gasteiger partial charge in [0, 0.05) is 11.9 Å². The molecule has 1 amide bonds. The fraction of sp³-hybridized carbons (Fsp3) is 0.381. The van der Waals surface area contributed by atoms with Gasteiger partial charge in [-0.1, -0.05) is 43.2 Å². The van der Waals surface area contributed by atoms with Crippen LogP contribution in [-0.2, 0) is 19.4 Å². The highest BCUT2D eigenvalue weighted by molar-refractivity contribution is 7.90. The largest absolute Gasteiger partial charge is 0.360 e. The first-order valence-corrected chi connectivity index (χ1v) is 11.1. The van der Waals surface area contributed by atoms with Crippen molar-refractivity contribution in [2.75, 3.05) is 11.6 Å². The lowest BCUT2D eigenvalue weighted by atomic mass is 10.1. The Hall–Kier alpha value is -2.18. The Balaban J connectivity index is 1.82. The highest BCUT2D eigenvalue weighted by Gasteiger charge is 2.27. The summed E-state index contributed by atoms with van der Waals surface area (Å²) < 4.78 is 29.5. The number of ether oxygens (including phenoxy) is 1. The van der Waals surface area contributed by atoms with Gasteiger partial charge in [-0.15, -0.1) is 0 Å². The van der Waals surface area contributed by atoms with E-state index in [-0.39, 0.29) is 16.9 Å². The molecule has 3 rings (SSSR count). The van der Waals surface area contributed by atoms with Crippen LogP contribution in [0.4, 0.5) is 5.69 Å². The van der Waals surface area contributed by atoms with Crippen LogP contribution in [0.2, 0.25) is 0 Å². The first-order valence-electron chi connectivity index (χ1n) is 9.16. The van der Waals surface area contributed by atoms with Crippen molar-refractivity contribution in [3.63, 3.8) is 0 Å². The Morgan fingerprint density at radius 2 is 1.78 bits per heavy atom. The lowest BCUT2D eigenvalue weighted by molar-refractivity contribution is -0.131. The van der Waals surface area contributed by atoms with Crippen LogP contribution in [0.5, 0.6) is 0 Å². The van der Waals surface area contributed by atoms with E-state index in [1.165, 1.54) is 12.3 Å². The van der Waals surface area contributed by atoms with Gasteiger partial charge in [-0.3, -0.25) is 4.79 Å². The third-order valence-electron chi connectivity index (χ3n) is 4.86. The van der Waals surface area contributed by atoms with Gasteiger partial charge in [0.25, 0.3) is 5.91 Å². The molecule has 6 heteroatoms. The number of nitrogens with one attached hydrogen (secondary N) is 1. The monoisotopic (exact) mass is 387 g/mol. The van der Waals surface area contributed by atoms with Crippen LogP contribution in [-0.4, -0.2) is 26.7 Å². The maximum atomic E-state index is 13.0. The summed E-state index contributed by atoms with van der Waals surface area (Å²) in [6, 6.07) is 14.2. The second-order valence-electron chi connectivity index (χ2n) is 7.07. The molecule has 27 heavy (non-hydrogen) atoms. The minimum absolute atomic E-state index is 0.0923. The van der Waals surface area contributed by atoms with Crippen LogP contribution < -0.4 is 5.32 Å². The van der Waals surface area contributed by atoms with Crippen molar-refractivity contribution < 1.29 is 17.9 Å². The molecular formula is C21H25NO4S. The van der Waals surface area contributed by atoms with Crippen LogP contribution in [0.25, 0.3) is 0 Å². The fourth-order valence-electron chi connectivity index (χ4n) is 3.34. The predicted octanol–water partition coefficient (Wildman–Crippen LogP) is 4.04. The number of carbonyl (C=O) groups is 1. The average Bonchev–Trinajstić information content (AvgIpc) is 3.14. The van der Waals surface area contributed by atoms with Crippen molar-refractivity contribution >= 4 is 21.4 Å². The molecule has 2 aromatic rings. The summed E-state index contributed by atoms with van der Waals surface area (Å²) in [4.78, 5) is 13.2. The molecule has 0 spiro atoms. The fourth-order valence-corrected chi connectivity index (χ4v) is 4.05. The molecule has 1 N–H and O–H groups in total. The Morgan fingerprint density at radius 1 is 1.11 bits per heavy atom.